The third-order valence-electron chi connectivity index (χ3n) is 4.11. The Morgan fingerprint density at radius 2 is 1.85 bits per heavy atom. The van der Waals surface area contributed by atoms with Crippen LogP contribution in [0.15, 0.2) is 0 Å². The molecule has 1 saturated carbocycles. The number of aliphatic hydroxyl groups excluding tert-OH is 1. The molecule has 1 aliphatic carbocycles. The van der Waals surface area contributed by atoms with Crippen LogP contribution in [0, 0.1) is 5.92 Å². The first-order chi connectivity index (χ1) is 9.67. The van der Waals surface area contributed by atoms with Crippen LogP contribution in [0.3, 0.4) is 0 Å². The molecule has 1 aliphatic rings. The predicted octanol–water partition coefficient (Wildman–Crippen LogP) is 1.47. The number of hydrogen-bond acceptors (Lipinski definition) is 5. The molecular weight excluding hydrogens is 276 g/mol. The summed E-state index contributed by atoms with van der Waals surface area (Å²) < 4.78 is 22.4. The second kappa shape index (κ2) is 9.86. The van der Waals surface area contributed by atoms with Crippen molar-refractivity contribution < 1.29 is 23.4 Å². The van der Waals surface area contributed by atoms with Gasteiger partial charge >= 0.3 is 9.28 Å². The smallest absolute Gasteiger partial charge is 0.326 e. The molecule has 6 heteroatoms. The van der Waals surface area contributed by atoms with Crippen LogP contribution < -0.4 is 0 Å². The topological polar surface area (TPSA) is 57.2 Å². The van der Waals surface area contributed by atoms with Gasteiger partial charge in [-0.15, -0.1) is 0 Å². The Bertz CT molecular complexity index is 250. The molecule has 0 aromatic carbocycles. The molecule has 1 N–H and O–H groups in total. The van der Waals surface area contributed by atoms with Gasteiger partial charge in [0.05, 0.1) is 18.8 Å². The van der Waals surface area contributed by atoms with Crippen molar-refractivity contribution in [2.24, 2.45) is 5.92 Å². The third-order valence-corrected chi connectivity index (χ3v) is 6.48. The van der Waals surface area contributed by atoms with Crippen LogP contribution >= 0.6 is 0 Å². The largest absolute Gasteiger partial charge is 0.400 e. The lowest BCUT2D eigenvalue weighted by atomic mass is 9.83. The summed E-state index contributed by atoms with van der Waals surface area (Å²) >= 11 is 0. The second-order valence-corrected chi connectivity index (χ2v) is 7.83. The van der Waals surface area contributed by atoms with Crippen LogP contribution in [0.4, 0.5) is 0 Å². The summed E-state index contributed by atoms with van der Waals surface area (Å²) in [5, 5.41) is 10.0. The first-order valence-corrected chi connectivity index (χ1v) is 9.21. The molecule has 0 radical (unpaired) electrons. The number of hydrogen-bond donors (Lipinski definition) is 1. The number of aliphatic hydroxyl groups is 1. The molecule has 1 fully saturated rings. The zero-order valence-corrected chi connectivity index (χ0v) is 14.4. The highest BCUT2D eigenvalue weighted by atomic mass is 28.3. The molecule has 120 valence electrons. The number of rotatable bonds is 9. The van der Waals surface area contributed by atoms with Crippen molar-refractivity contribution in [1.29, 1.82) is 0 Å². The van der Waals surface area contributed by atoms with E-state index >= 15 is 0 Å². The van der Waals surface area contributed by atoms with Crippen molar-refractivity contribution in [3.05, 3.63) is 0 Å². The first-order valence-electron chi connectivity index (χ1n) is 7.60. The minimum absolute atomic E-state index is 0.0637. The van der Waals surface area contributed by atoms with Gasteiger partial charge in [0.1, 0.15) is 0 Å². The van der Waals surface area contributed by atoms with Gasteiger partial charge in [0.2, 0.25) is 0 Å². The van der Waals surface area contributed by atoms with E-state index in [-0.39, 0.29) is 12.2 Å². The van der Waals surface area contributed by atoms with E-state index in [1.807, 2.05) is 13.8 Å². The van der Waals surface area contributed by atoms with Crippen molar-refractivity contribution in [1.82, 2.24) is 0 Å². The Morgan fingerprint density at radius 1 is 1.15 bits per heavy atom. The van der Waals surface area contributed by atoms with Crippen LogP contribution in [0.1, 0.15) is 33.1 Å². The van der Waals surface area contributed by atoms with Crippen LogP contribution in [0.25, 0.3) is 0 Å². The summed E-state index contributed by atoms with van der Waals surface area (Å²) in [4.78, 5) is 0. The summed E-state index contributed by atoms with van der Waals surface area (Å²) in [5.74, 6) is 0.443. The minimum Gasteiger partial charge on any atom is -0.400 e. The van der Waals surface area contributed by atoms with Crippen molar-refractivity contribution in [2.45, 2.75) is 50.9 Å². The lowest BCUT2D eigenvalue weighted by molar-refractivity contribution is -0.0714. The fourth-order valence-corrected chi connectivity index (χ4v) is 5.04. The highest BCUT2D eigenvalue weighted by Gasteiger charge is 2.38. The Morgan fingerprint density at radius 3 is 2.40 bits per heavy atom. The molecule has 20 heavy (non-hydrogen) atoms. The monoisotopic (exact) mass is 306 g/mol. The van der Waals surface area contributed by atoms with E-state index in [1.54, 1.807) is 14.2 Å². The molecule has 0 aromatic rings. The van der Waals surface area contributed by atoms with E-state index in [0.717, 1.165) is 19.3 Å². The molecule has 1 rings (SSSR count). The molecule has 0 heterocycles. The summed E-state index contributed by atoms with van der Waals surface area (Å²) in [5.41, 5.74) is 0.306. The van der Waals surface area contributed by atoms with E-state index < -0.39 is 9.28 Å². The Hall–Kier alpha value is 0.0169. The zero-order valence-electron chi connectivity index (χ0n) is 13.2. The fraction of sp³-hybridized carbons (Fsp3) is 1.00. The summed E-state index contributed by atoms with van der Waals surface area (Å²) in [6.45, 7) is 5.99. The predicted molar refractivity (Wildman–Crippen MR) is 80.2 cm³/mol. The second-order valence-electron chi connectivity index (χ2n) is 5.30. The third kappa shape index (κ3) is 5.09. The van der Waals surface area contributed by atoms with Crippen molar-refractivity contribution in [2.75, 3.05) is 34.0 Å². The van der Waals surface area contributed by atoms with Crippen LogP contribution in [0.2, 0.25) is 5.54 Å². The van der Waals surface area contributed by atoms with Gasteiger partial charge in [-0.05, 0) is 39.0 Å². The molecule has 4 unspecified atom stereocenters. The summed E-state index contributed by atoms with van der Waals surface area (Å²) in [6, 6.07) is 0. The fourth-order valence-electron chi connectivity index (χ4n) is 3.06. The van der Waals surface area contributed by atoms with E-state index in [2.05, 4.69) is 0 Å². The molecule has 0 saturated heterocycles. The highest BCUT2D eigenvalue weighted by molar-refractivity contribution is 6.46. The quantitative estimate of drug-likeness (QED) is 0.654. The number of ether oxygens (including phenoxy) is 2. The normalized spacial score (nSPS) is 28.8. The van der Waals surface area contributed by atoms with Gasteiger partial charge in [0, 0.05) is 33.0 Å². The molecule has 0 aromatic heterocycles. The average Bonchev–Trinajstić information content (AvgIpc) is 2.46. The van der Waals surface area contributed by atoms with E-state index in [1.165, 1.54) is 0 Å². The maximum Gasteiger partial charge on any atom is 0.326 e. The first kappa shape index (κ1) is 18.1. The zero-order chi connectivity index (χ0) is 15.0. The van der Waals surface area contributed by atoms with E-state index in [4.69, 9.17) is 18.3 Å². The van der Waals surface area contributed by atoms with Gasteiger partial charge in [-0.3, -0.25) is 0 Å². The van der Waals surface area contributed by atoms with Gasteiger partial charge in [-0.25, -0.2) is 0 Å². The molecule has 4 atom stereocenters. The van der Waals surface area contributed by atoms with E-state index in [0.29, 0.717) is 31.3 Å². The lowest BCUT2D eigenvalue weighted by Gasteiger charge is -2.38. The average molecular weight is 306 g/mol. The standard InChI is InChI=1S/C14H30O5Si/c1-5-18-10-14(20(16-3)17-4)11-7-8-12(15)13(9-11)19-6-2/h11-15,20H,5-10H2,1-4H3. The van der Waals surface area contributed by atoms with Crippen LogP contribution in [0.5, 0.6) is 0 Å². The van der Waals surface area contributed by atoms with Crippen molar-refractivity contribution >= 4 is 9.28 Å². The van der Waals surface area contributed by atoms with Gasteiger partial charge in [0.15, 0.2) is 0 Å². The molecule has 0 bridgehead atoms. The summed E-state index contributed by atoms with van der Waals surface area (Å²) in [6.07, 6.45) is 2.23. The lowest BCUT2D eigenvalue weighted by Crippen LogP contribution is -2.42. The Kier molecular flexibility index (Phi) is 8.91. The van der Waals surface area contributed by atoms with Gasteiger partial charge in [-0.1, -0.05) is 0 Å². The van der Waals surface area contributed by atoms with Crippen molar-refractivity contribution in [3.8, 4) is 0 Å². The molecular formula is C14H30O5Si. The maximum absolute atomic E-state index is 10.0. The minimum atomic E-state index is -1.74. The van der Waals surface area contributed by atoms with Gasteiger partial charge in [0.25, 0.3) is 0 Å². The van der Waals surface area contributed by atoms with Crippen LogP contribution in [-0.4, -0.2) is 60.6 Å². The van der Waals surface area contributed by atoms with E-state index in [9.17, 15) is 5.11 Å². The maximum atomic E-state index is 10.0. The molecule has 5 nitrogen and oxygen atoms in total. The Balaban J connectivity index is 2.68. The molecule has 0 spiro atoms. The van der Waals surface area contributed by atoms with Crippen molar-refractivity contribution in [3.63, 3.8) is 0 Å². The SMILES string of the molecule is CCOCC(C1CCC(O)C(OCC)C1)[SiH](OC)OC. The molecule has 0 aliphatic heterocycles. The van der Waals surface area contributed by atoms with Gasteiger partial charge < -0.3 is 23.4 Å². The highest BCUT2D eigenvalue weighted by Crippen LogP contribution is 2.37. The summed E-state index contributed by atoms with van der Waals surface area (Å²) in [7, 11) is 1.70. The molecule has 0 amide bonds. The van der Waals surface area contributed by atoms with Gasteiger partial charge in [-0.2, -0.15) is 0 Å². The van der Waals surface area contributed by atoms with Crippen LogP contribution in [-0.2, 0) is 18.3 Å². The Labute approximate surface area is 124 Å².